The average molecular weight is 391 g/mol. The van der Waals surface area contributed by atoms with Crippen molar-refractivity contribution >= 4 is 23.4 Å². The van der Waals surface area contributed by atoms with Gasteiger partial charge in [0, 0.05) is 37.3 Å². The second-order valence-electron chi connectivity index (χ2n) is 8.13. The zero-order valence-corrected chi connectivity index (χ0v) is 16.8. The first kappa shape index (κ1) is 21.7. The van der Waals surface area contributed by atoms with Crippen molar-refractivity contribution in [3.63, 3.8) is 0 Å². The van der Waals surface area contributed by atoms with Gasteiger partial charge in [-0.05, 0) is 51.7 Å². The van der Waals surface area contributed by atoms with Crippen LogP contribution in [0.1, 0.15) is 52.9 Å². The Bertz CT molecular complexity index is 697. The number of alkyl carbamates (subject to hydrolysis) is 1. The van der Waals surface area contributed by atoms with E-state index in [1.54, 1.807) is 17.0 Å². The van der Waals surface area contributed by atoms with Gasteiger partial charge in [-0.2, -0.15) is 0 Å². The molecule has 1 saturated heterocycles. The number of nitrogens with zero attached hydrogens (tertiary/aromatic N) is 2. The van der Waals surface area contributed by atoms with E-state index in [4.69, 9.17) is 4.74 Å². The molecule has 0 aromatic heterocycles. The Hall–Kier alpha value is -2.64. The number of nitro groups is 1. The normalized spacial score (nSPS) is 16.9. The number of hydrogen-bond acceptors (Lipinski definition) is 5. The largest absolute Gasteiger partial charge is 0.444 e. The Morgan fingerprint density at radius 3 is 2.54 bits per heavy atom. The minimum atomic E-state index is -0.491. The SMILES string of the molecule is CC(C)(C)OC(=O)NCCCCCC1CC(=O)N(c2ccc([N+](=O)[O-])cc2)C1. The van der Waals surface area contributed by atoms with Gasteiger partial charge >= 0.3 is 6.09 Å². The molecule has 0 aliphatic carbocycles. The van der Waals surface area contributed by atoms with Crippen molar-refractivity contribution in [3.8, 4) is 0 Å². The van der Waals surface area contributed by atoms with E-state index in [0.29, 0.717) is 31.1 Å². The first-order valence-electron chi connectivity index (χ1n) is 9.67. The molecule has 0 spiro atoms. The second-order valence-corrected chi connectivity index (χ2v) is 8.13. The van der Waals surface area contributed by atoms with E-state index in [2.05, 4.69) is 5.32 Å². The lowest BCUT2D eigenvalue weighted by molar-refractivity contribution is -0.384. The van der Waals surface area contributed by atoms with E-state index in [0.717, 1.165) is 25.7 Å². The summed E-state index contributed by atoms with van der Waals surface area (Å²) < 4.78 is 5.18. The van der Waals surface area contributed by atoms with E-state index in [9.17, 15) is 19.7 Å². The van der Waals surface area contributed by atoms with Gasteiger partial charge in [-0.25, -0.2) is 4.79 Å². The van der Waals surface area contributed by atoms with Crippen molar-refractivity contribution in [2.45, 2.75) is 58.5 Å². The summed E-state index contributed by atoms with van der Waals surface area (Å²) in [6, 6.07) is 6.10. The third-order valence-electron chi connectivity index (χ3n) is 4.53. The molecule has 2 amide bonds. The molecule has 154 valence electrons. The van der Waals surface area contributed by atoms with Crippen LogP contribution in [-0.2, 0) is 9.53 Å². The zero-order chi connectivity index (χ0) is 20.7. The number of benzene rings is 1. The molecule has 1 aromatic carbocycles. The highest BCUT2D eigenvalue weighted by atomic mass is 16.6. The predicted octanol–water partition coefficient (Wildman–Crippen LogP) is 4.03. The minimum absolute atomic E-state index is 0.0203. The number of nitrogens with one attached hydrogen (secondary N) is 1. The standard InChI is InChI=1S/C20H29N3O5/c1-20(2,3)28-19(25)21-12-6-4-5-7-15-13-18(24)22(14-15)16-8-10-17(11-9-16)23(26)27/h8-11,15H,4-7,12-14H2,1-3H3,(H,21,25). The number of non-ortho nitro benzene ring substituents is 1. The Balaban J connectivity index is 1.66. The Morgan fingerprint density at radius 2 is 1.93 bits per heavy atom. The van der Waals surface area contributed by atoms with E-state index in [-0.39, 0.29) is 11.6 Å². The van der Waals surface area contributed by atoms with Crippen LogP contribution >= 0.6 is 0 Å². The molecule has 1 fully saturated rings. The molecule has 1 unspecified atom stereocenters. The van der Waals surface area contributed by atoms with Crippen molar-refractivity contribution in [2.24, 2.45) is 5.92 Å². The van der Waals surface area contributed by atoms with Gasteiger partial charge in [0.25, 0.3) is 5.69 Å². The number of unbranched alkanes of at least 4 members (excludes halogenated alkanes) is 2. The van der Waals surface area contributed by atoms with Crippen molar-refractivity contribution in [3.05, 3.63) is 34.4 Å². The molecule has 1 N–H and O–H groups in total. The summed E-state index contributed by atoms with van der Waals surface area (Å²) in [5, 5.41) is 13.5. The van der Waals surface area contributed by atoms with Crippen LogP contribution < -0.4 is 10.2 Å². The number of hydrogen-bond donors (Lipinski definition) is 1. The molecule has 1 aromatic rings. The molecule has 0 bridgehead atoms. The van der Waals surface area contributed by atoms with Gasteiger partial charge in [-0.1, -0.05) is 12.8 Å². The van der Waals surface area contributed by atoms with Crippen LogP contribution in [-0.4, -0.2) is 35.6 Å². The number of carbonyl (C=O) groups is 2. The van der Waals surface area contributed by atoms with Crippen molar-refractivity contribution in [2.75, 3.05) is 18.0 Å². The maximum Gasteiger partial charge on any atom is 0.407 e. The fourth-order valence-corrected chi connectivity index (χ4v) is 3.22. The molecule has 1 atom stereocenters. The van der Waals surface area contributed by atoms with Crippen LogP contribution in [0.2, 0.25) is 0 Å². The summed E-state index contributed by atoms with van der Waals surface area (Å²) in [6.45, 7) is 6.71. The Morgan fingerprint density at radius 1 is 1.25 bits per heavy atom. The Labute approximate surface area is 165 Å². The van der Waals surface area contributed by atoms with Gasteiger partial charge in [-0.15, -0.1) is 0 Å². The van der Waals surface area contributed by atoms with Gasteiger partial charge in [0.15, 0.2) is 0 Å². The van der Waals surface area contributed by atoms with Crippen LogP contribution in [0.15, 0.2) is 24.3 Å². The molecule has 28 heavy (non-hydrogen) atoms. The van der Waals surface area contributed by atoms with Gasteiger partial charge in [0.05, 0.1) is 4.92 Å². The lowest BCUT2D eigenvalue weighted by atomic mass is 10.0. The summed E-state index contributed by atoms with van der Waals surface area (Å²) >= 11 is 0. The topological polar surface area (TPSA) is 102 Å². The maximum atomic E-state index is 12.3. The molecular formula is C20H29N3O5. The van der Waals surface area contributed by atoms with Gasteiger partial charge in [0.1, 0.15) is 5.60 Å². The lowest BCUT2D eigenvalue weighted by Crippen LogP contribution is -2.32. The zero-order valence-electron chi connectivity index (χ0n) is 16.8. The van der Waals surface area contributed by atoms with Crippen LogP contribution in [0, 0.1) is 16.0 Å². The number of anilines is 1. The number of carbonyl (C=O) groups excluding carboxylic acids is 2. The van der Waals surface area contributed by atoms with E-state index in [1.807, 2.05) is 20.8 Å². The van der Waals surface area contributed by atoms with E-state index < -0.39 is 16.6 Å². The molecule has 8 heteroatoms. The highest BCUT2D eigenvalue weighted by molar-refractivity contribution is 5.95. The van der Waals surface area contributed by atoms with Crippen LogP contribution in [0.25, 0.3) is 0 Å². The smallest absolute Gasteiger partial charge is 0.407 e. The van der Waals surface area contributed by atoms with E-state index >= 15 is 0 Å². The van der Waals surface area contributed by atoms with E-state index in [1.165, 1.54) is 12.1 Å². The first-order valence-corrected chi connectivity index (χ1v) is 9.67. The van der Waals surface area contributed by atoms with Crippen LogP contribution in [0.4, 0.5) is 16.2 Å². The monoisotopic (exact) mass is 391 g/mol. The maximum absolute atomic E-state index is 12.3. The van der Waals surface area contributed by atoms with Gasteiger partial charge in [-0.3, -0.25) is 14.9 Å². The summed E-state index contributed by atoms with van der Waals surface area (Å²) in [5.41, 5.74) is 0.237. The van der Waals surface area contributed by atoms with Crippen molar-refractivity contribution < 1.29 is 19.2 Å². The summed E-state index contributed by atoms with van der Waals surface area (Å²) in [6.07, 6.45) is 3.88. The quantitative estimate of drug-likeness (QED) is 0.409. The Kier molecular flexibility index (Phi) is 7.37. The summed E-state index contributed by atoms with van der Waals surface area (Å²) in [4.78, 5) is 35.8. The fraction of sp³-hybridized carbons (Fsp3) is 0.600. The highest BCUT2D eigenvalue weighted by Crippen LogP contribution is 2.29. The molecule has 0 saturated carbocycles. The highest BCUT2D eigenvalue weighted by Gasteiger charge is 2.30. The summed E-state index contributed by atoms with van der Waals surface area (Å²) in [7, 11) is 0. The average Bonchev–Trinajstić information content (AvgIpc) is 2.97. The predicted molar refractivity (Wildman–Crippen MR) is 106 cm³/mol. The second kappa shape index (κ2) is 9.52. The molecular weight excluding hydrogens is 362 g/mol. The third kappa shape index (κ3) is 6.83. The first-order chi connectivity index (χ1) is 13.2. The number of ether oxygens (including phenoxy) is 1. The molecule has 8 nitrogen and oxygen atoms in total. The van der Waals surface area contributed by atoms with Gasteiger partial charge < -0.3 is 15.0 Å². The minimum Gasteiger partial charge on any atom is -0.444 e. The molecule has 2 rings (SSSR count). The molecule has 1 aliphatic heterocycles. The molecule has 1 aliphatic rings. The number of rotatable bonds is 8. The van der Waals surface area contributed by atoms with Crippen LogP contribution in [0.3, 0.4) is 0 Å². The third-order valence-corrected chi connectivity index (χ3v) is 4.53. The molecule has 0 radical (unpaired) electrons. The lowest BCUT2D eigenvalue weighted by Gasteiger charge is -2.19. The van der Waals surface area contributed by atoms with Crippen molar-refractivity contribution in [1.29, 1.82) is 0 Å². The summed E-state index contributed by atoms with van der Waals surface area (Å²) in [5.74, 6) is 0.354. The fourth-order valence-electron chi connectivity index (χ4n) is 3.22. The number of nitro benzene ring substituents is 1. The van der Waals surface area contributed by atoms with Crippen LogP contribution in [0.5, 0.6) is 0 Å². The number of amides is 2. The van der Waals surface area contributed by atoms with Crippen molar-refractivity contribution in [1.82, 2.24) is 5.32 Å². The van der Waals surface area contributed by atoms with Gasteiger partial charge in [0.2, 0.25) is 5.91 Å². The molecule has 1 heterocycles.